The fourth-order valence-electron chi connectivity index (χ4n) is 3.65. The zero-order valence-electron chi connectivity index (χ0n) is 12.8. The van der Waals surface area contributed by atoms with Crippen LogP contribution >= 0.6 is 0 Å². The van der Waals surface area contributed by atoms with Gasteiger partial charge in [-0.2, -0.15) is 0 Å². The Bertz CT molecular complexity index is 476. The summed E-state index contributed by atoms with van der Waals surface area (Å²) in [4.78, 5) is 16.8. The highest BCUT2D eigenvalue weighted by Crippen LogP contribution is 2.24. The van der Waals surface area contributed by atoms with E-state index in [-0.39, 0.29) is 5.91 Å². The quantitative estimate of drug-likeness (QED) is 0.916. The molecule has 0 radical (unpaired) electrons. The van der Waals surface area contributed by atoms with E-state index in [1.54, 1.807) is 0 Å². The van der Waals surface area contributed by atoms with E-state index in [2.05, 4.69) is 10.2 Å². The summed E-state index contributed by atoms with van der Waals surface area (Å²) in [6, 6.07) is 10.7. The minimum atomic E-state index is 0.216. The van der Waals surface area contributed by atoms with Gasteiger partial charge in [0.1, 0.15) is 0 Å². The van der Waals surface area contributed by atoms with Crippen molar-refractivity contribution >= 4 is 11.6 Å². The van der Waals surface area contributed by atoms with E-state index in [4.69, 9.17) is 0 Å². The van der Waals surface area contributed by atoms with Gasteiger partial charge in [0.2, 0.25) is 5.91 Å². The second kappa shape index (κ2) is 6.58. The van der Waals surface area contributed by atoms with E-state index in [1.807, 2.05) is 42.2 Å². The third-order valence-electron chi connectivity index (χ3n) is 4.78. The number of amides is 1. The van der Waals surface area contributed by atoms with Crippen molar-refractivity contribution in [3.63, 3.8) is 0 Å². The van der Waals surface area contributed by atoms with E-state index in [0.29, 0.717) is 12.6 Å². The monoisotopic (exact) mass is 287 g/mol. The van der Waals surface area contributed by atoms with Crippen molar-refractivity contribution in [2.24, 2.45) is 5.92 Å². The normalized spacial score (nSPS) is 25.6. The van der Waals surface area contributed by atoms with Crippen molar-refractivity contribution in [1.82, 2.24) is 10.2 Å². The molecule has 4 heteroatoms. The maximum atomic E-state index is 12.6. The molecule has 2 aliphatic rings. The van der Waals surface area contributed by atoms with Crippen molar-refractivity contribution < 1.29 is 4.79 Å². The molecule has 0 spiro atoms. The predicted molar refractivity (Wildman–Crippen MR) is 85.4 cm³/mol. The Morgan fingerprint density at radius 3 is 2.90 bits per heavy atom. The smallest absolute Gasteiger partial charge is 0.241 e. The second-order valence-corrected chi connectivity index (χ2v) is 6.11. The van der Waals surface area contributed by atoms with Gasteiger partial charge in [-0.1, -0.05) is 18.2 Å². The molecule has 21 heavy (non-hydrogen) atoms. The Morgan fingerprint density at radius 2 is 2.14 bits per heavy atom. The number of hydrogen-bond donors (Lipinski definition) is 1. The van der Waals surface area contributed by atoms with Crippen LogP contribution in [0.4, 0.5) is 5.69 Å². The average Bonchev–Trinajstić information content (AvgIpc) is 2.96. The van der Waals surface area contributed by atoms with Crippen molar-refractivity contribution in [2.45, 2.75) is 25.8 Å². The highest BCUT2D eigenvalue weighted by molar-refractivity contribution is 5.94. The molecule has 3 rings (SSSR count). The van der Waals surface area contributed by atoms with Gasteiger partial charge in [0, 0.05) is 31.4 Å². The first-order valence-corrected chi connectivity index (χ1v) is 8.09. The fraction of sp³-hybridized carbons (Fsp3) is 0.588. The molecule has 2 atom stereocenters. The molecule has 2 saturated heterocycles. The van der Waals surface area contributed by atoms with Gasteiger partial charge >= 0.3 is 0 Å². The van der Waals surface area contributed by atoms with Gasteiger partial charge in [0.15, 0.2) is 0 Å². The number of likely N-dealkylation sites (tertiary alicyclic amines) is 1. The van der Waals surface area contributed by atoms with Crippen LogP contribution in [0.5, 0.6) is 0 Å². The van der Waals surface area contributed by atoms with Gasteiger partial charge in [0.05, 0.1) is 6.54 Å². The first kappa shape index (κ1) is 14.5. The summed E-state index contributed by atoms with van der Waals surface area (Å²) in [5.74, 6) is 0.950. The van der Waals surface area contributed by atoms with Crippen molar-refractivity contribution in [3.05, 3.63) is 30.3 Å². The van der Waals surface area contributed by atoms with Crippen LogP contribution < -0.4 is 10.2 Å². The molecule has 114 valence electrons. The summed E-state index contributed by atoms with van der Waals surface area (Å²) in [6.07, 6.45) is 2.43. The molecule has 4 nitrogen and oxygen atoms in total. The molecule has 0 aliphatic carbocycles. The SMILES string of the molecule is CCN(C(=O)CN1CCC2NCCC2C1)c1ccccc1. The molecule has 2 aliphatic heterocycles. The van der Waals surface area contributed by atoms with Crippen LogP contribution in [0.2, 0.25) is 0 Å². The largest absolute Gasteiger partial charge is 0.314 e. The van der Waals surface area contributed by atoms with Crippen molar-refractivity contribution in [3.8, 4) is 0 Å². The first-order valence-electron chi connectivity index (χ1n) is 8.09. The number of fused-ring (bicyclic) bond motifs is 1. The molecule has 0 saturated carbocycles. The van der Waals surface area contributed by atoms with E-state index >= 15 is 0 Å². The standard InChI is InChI=1S/C17H25N3O/c1-2-20(15-6-4-3-5-7-15)17(21)13-19-11-9-16-14(12-19)8-10-18-16/h3-7,14,16,18H,2,8-13H2,1H3. The van der Waals surface area contributed by atoms with Crippen LogP contribution in [0.3, 0.4) is 0 Å². The molecule has 1 aromatic carbocycles. The van der Waals surface area contributed by atoms with Gasteiger partial charge in [-0.15, -0.1) is 0 Å². The fourth-order valence-corrected chi connectivity index (χ4v) is 3.65. The molecule has 0 bridgehead atoms. The number of para-hydroxylation sites is 1. The molecule has 2 fully saturated rings. The summed E-state index contributed by atoms with van der Waals surface area (Å²) in [5.41, 5.74) is 1.00. The summed E-state index contributed by atoms with van der Waals surface area (Å²) in [6.45, 7) is 6.55. The Morgan fingerprint density at radius 1 is 1.33 bits per heavy atom. The van der Waals surface area contributed by atoms with Gasteiger partial charge in [-0.25, -0.2) is 0 Å². The van der Waals surface area contributed by atoms with E-state index in [0.717, 1.165) is 37.8 Å². The summed E-state index contributed by atoms with van der Waals surface area (Å²) < 4.78 is 0. The van der Waals surface area contributed by atoms with Gasteiger partial charge in [-0.05, 0) is 44.4 Å². The van der Waals surface area contributed by atoms with Crippen LogP contribution in [0.15, 0.2) is 30.3 Å². The molecule has 1 amide bonds. The molecule has 1 N–H and O–H groups in total. The van der Waals surface area contributed by atoms with Crippen LogP contribution in [0.1, 0.15) is 19.8 Å². The van der Waals surface area contributed by atoms with Crippen LogP contribution in [-0.4, -0.2) is 49.6 Å². The lowest BCUT2D eigenvalue weighted by Crippen LogP contribution is -2.48. The Balaban J connectivity index is 1.60. The highest BCUT2D eigenvalue weighted by atomic mass is 16.2. The summed E-state index contributed by atoms with van der Waals surface area (Å²) in [5, 5.41) is 3.57. The lowest BCUT2D eigenvalue weighted by Gasteiger charge is -2.35. The van der Waals surface area contributed by atoms with Crippen molar-refractivity contribution in [2.75, 3.05) is 37.6 Å². The summed E-state index contributed by atoms with van der Waals surface area (Å²) >= 11 is 0. The number of benzene rings is 1. The predicted octanol–water partition coefficient (Wildman–Crippen LogP) is 1.72. The second-order valence-electron chi connectivity index (χ2n) is 6.11. The lowest BCUT2D eigenvalue weighted by atomic mass is 9.93. The number of carbonyl (C=O) groups excluding carboxylic acids is 1. The number of piperidine rings is 1. The van der Waals surface area contributed by atoms with Crippen LogP contribution in [0.25, 0.3) is 0 Å². The van der Waals surface area contributed by atoms with Gasteiger partial charge in [0.25, 0.3) is 0 Å². The lowest BCUT2D eigenvalue weighted by molar-refractivity contribution is -0.120. The molecule has 2 heterocycles. The first-order chi connectivity index (χ1) is 10.3. The molecule has 0 aromatic heterocycles. The summed E-state index contributed by atoms with van der Waals surface area (Å²) in [7, 11) is 0. The topological polar surface area (TPSA) is 35.6 Å². The number of nitrogens with one attached hydrogen (secondary N) is 1. The number of rotatable bonds is 4. The van der Waals surface area contributed by atoms with Crippen LogP contribution in [0, 0.1) is 5.92 Å². The number of likely N-dealkylation sites (N-methyl/N-ethyl adjacent to an activating group) is 1. The minimum absolute atomic E-state index is 0.216. The van der Waals surface area contributed by atoms with Crippen LogP contribution in [-0.2, 0) is 4.79 Å². The third-order valence-corrected chi connectivity index (χ3v) is 4.78. The van der Waals surface area contributed by atoms with E-state index < -0.39 is 0 Å². The van der Waals surface area contributed by atoms with E-state index in [9.17, 15) is 4.79 Å². The van der Waals surface area contributed by atoms with E-state index in [1.165, 1.54) is 12.8 Å². The highest BCUT2D eigenvalue weighted by Gasteiger charge is 2.33. The Hall–Kier alpha value is -1.39. The number of carbonyl (C=O) groups is 1. The Kier molecular flexibility index (Phi) is 4.56. The zero-order chi connectivity index (χ0) is 14.7. The maximum Gasteiger partial charge on any atom is 0.241 e. The van der Waals surface area contributed by atoms with Gasteiger partial charge < -0.3 is 10.2 Å². The molecular formula is C17H25N3O. The van der Waals surface area contributed by atoms with Crippen molar-refractivity contribution in [1.29, 1.82) is 0 Å². The number of anilines is 1. The molecular weight excluding hydrogens is 262 g/mol. The third kappa shape index (κ3) is 3.27. The average molecular weight is 287 g/mol. The van der Waals surface area contributed by atoms with Gasteiger partial charge in [-0.3, -0.25) is 9.69 Å². The molecule has 1 aromatic rings. The number of nitrogens with zero attached hydrogens (tertiary/aromatic N) is 2. The zero-order valence-corrected chi connectivity index (χ0v) is 12.8. The molecule has 2 unspecified atom stereocenters. The maximum absolute atomic E-state index is 12.6. The Labute approximate surface area is 127 Å². The number of hydrogen-bond acceptors (Lipinski definition) is 3. The minimum Gasteiger partial charge on any atom is -0.314 e.